The van der Waals surface area contributed by atoms with Gasteiger partial charge in [-0.15, -0.1) is 0 Å². The maximum absolute atomic E-state index is 10.4. The molecule has 1 aliphatic rings. The molecule has 2 unspecified atom stereocenters. The van der Waals surface area contributed by atoms with E-state index in [1.807, 2.05) is 18.2 Å². The molecule has 0 spiro atoms. The summed E-state index contributed by atoms with van der Waals surface area (Å²) in [7, 11) is 0. The normalized spacial score (nSPS) is 31.6. The second-order valence-corrected chi connectivity index (χ2v) is 5.02. The zero-order valence-electron chi connectivity index (χ0n) is 9.12. The van der Waals surface area contributed by atoms with Gasteiger partial charge in [-0.1, -0.05) is 51.1 Å². The van der Waals surface area contributed by atoms with Gasteiger partial charge in [-0.3, -0.25) is 0 Å². The Bertz CT molecular complexity index is 328. The van der Waals surface area contributed by atoms with E-state index in [1.54, 1.807) is 0 Å². The second kappa shape index (κ2) is 2.83. The number of rotatable bonds is 2. The van der Waals surface area contributed by atoms with Crippen LogP contribution < -0.4 is 0 Å². The zero-order chi connectivity index (χ0) is 10.4. The molecule has 0 heterocycles. The summed E-state index contributed by atoms with van der Waals surface area (Å²) in [5, 5.41) is 10.4. The van der Waals surface area contributed by atoms with Gasteiger partial charge in [0.15, 0.2) is 0 Å². The lowest BCUT2D eigenvalue weighted by atomic mass is 9.76. The molecule has 2 rings (SSSR count). The molecule has 0 aromatic heterocycles. The van der Waals surface area contributed by atoms with Gasteiger partial charge in [-0.25, -0.2) is 0 Å². The van der Waals surface area contributed by atoms with Gasteiger partial charge in [0.05, 0.1) is 5.60 Å². The van der Waals surface area contributed by atoms with Crippen LogP contribution in [-0.2, 0) is 5.41 Å². The van der Waals surface area contributed by atoms with Crippen molar-refractivity contribution in [2.24, 2.45) is 5.92 Å². The molecule has 1 saturated carbocycles. The molecular formula is C13H18O. The molecule has 1 aromatic rings. The molecule has 0 amide bonds. The van der Waals surface area contributed by atoms with Crippen molar-refractivity contribution < 1.29 is 5.11 Å². The van der Waals surface area contributed by atoms with E-state index in [1.165, 1.54) is 5.56 Å². The van der Waals surface area contributed by atoms with E-state index in [0.717, 1.165) is 6.42 Å². The van der Waals surface area contributed by atoms with Crippen molar-refractivity contribution in [3.8, 4) is 0 Å². The standard InChI is InChI=1S/C13H18O/c1-10-9-13(10,14)12(2,3)11-7-5-4-6-8-11/h4-8,10,14H,9H2,1-3H3. The van der Waals surface area contributed by atoms with Gasteiger partial charge < -0.3 is 5.11 Å². The molecule has 1 nitrogen and oxygen atoms in total. The summed E-state index contributed by atoms with van der Waals surface area (Å²) in [6.07, 6.45) is 0.925. The molecule has 1 fully saturated rings. The van der Waals surface area contributed by atoms with Crippen molar-refractivity contribution in [1.29, 1.82) is 0 Å². The van der Waals surface area contributed by atoms with Gasteiger partial charge in [-0.2, -0.15) is 0 Å². The van der Waals surface area contributed by atoms with Gasteiger partial charge in [0.1, 0.15) is 0 Å². The average Bonchev–Trinajstić information content (AvgIpc) is 2.78. The van der Waals surface area contributed by atoms with Crippen molar-refractivity contribution in [3.05, 3.63) is 35.9 Å². The monoisotopic (exact) mass is 190 g/mol. The molecule has 76 valence electrons. The van der Waals surface area contributed by atoms with Gasteiger partial charge >= 0.3 is 0 Å². The molecular weight excluding hydrogens is 172 g/mol. The lowest BCUT2D eigenvalue weighted by Gasteiger charge is -2.32. The number of aliphatic hydroxyl groups is 1. The summed E-state index contributed by atoms with van der Waals surface area (Å²) < 4.78 is 0. The Morgan fingerprint density at radius 3 is 2.21 bits per heavy atom. The molecule has 1 N–H and O–H groups in total. The van der Waals surface area contributed by atoms with E-state index in [2.05, 4.69) is 32.9 Å². The van der Waals surface area contributed by atoms with Crippen LogP contribution >= 0.6 is 0 Å². The summed E-state index contributed by atoms with van der Waals surface area (Å²) in [6, 6.07) is 10.3. The summed E-state index contributed by atoms with van der Waals surface area (Å²) in [5.74, 6) is 0.428. The lowest BCUT2D eigenvalue weighted by molar-refractivity contribution is 0.0597. The van der Waals surface area contributed by atoms with E-state index in [-0.39, 0.29) is 5.41 Å². The van der Waals surface area contributed by atoms with E-state index in [0.29, 0.717) is 5.92 Å². The Labute approximate surface area is 85.8 Å². The number of hydrogen-bond acceptors (Lipinski definition) is 1. The van der Waals surface area contributed by atoms with Crippen molar-refractivity contribution >= 4 is 0 Å². The van der Waals surface area contributed by atoms with E-state index in [4.69, 9.17) is 0 Å². The lowest BCUT2D eigenvalue weighted by Crippen LogP contribution is -2.37. The van der Waals surface area contributed by atoms with Gasteiger partial charge in [0.25, 0.3) is 0 Å². The SMILES string of the molecule is CC1CC1(O)C(C)(C)c1ccccc1. The van der Waals surface area contributed by atoms with Crippen LogP contribution in [0.5, 0.6) is 0 Å². The van der Waals surface area contributed by atoms with Crippen molar-refractivity contribution in [1.82, 2.24) is 0 Å². The van der Waals surface area contributed by atoms with Gasteiger partial charge in [0.2, 0.25) is 0 Å². The summed E-state index contributed by atoms with van der Waals surface area (Å²) in [5.41, 5.74) is 0.606. The molecule has 0 aliphatic heterocycles. The highest BCUT2D eigenvalue weighted by molar-refractivity contribution is 5.32. The number of benzene rings is 1. The number of hydrogen-bond donors (Lipinski definition) is 1. The van der Waals surface area contributed by atoms with Crippen LogP contribution in [0.2, 0.25) is 0 Å². The molecule has 1 aliphatic carbocycles. The highest BCUT2D eigenvalue weighted by Gasteiger charge is 2.59. The van der Waals surface area contributed by atoms with Crippen molar-refractivity contribution in [3.63, 3.8) is 0 Å². The van der Waals surface area contributed by atoms with Crippen LogP contribution in [0.4, 0.5) is 0 Å². The Morgan fingerprint density at radius 2 is 1.79 bits per heavy atom. The maximum Gasteiger partial charge on any atom is 0.0768 e. The second-order valence-electron chi connectivity index (χ2n) is 5.02. The van der Waals surface area contributed by atoms with Crippen molar-refractivity contribution in [2.45, 2.75) is 38.2 Å². The van der Waals surface area contributed by atoms with E-state index < -0.39 is 5.60 Å². The third kappa shape index (κ3) is 1.19. The Balaban J connectivity index is 2.34. The largest absolute Gasteiger partial charge is 0.389 e. The highest BCUT2D eigenvalue weighted by atomic mass is 16.3. The van der Waals surface area contributed by atoms with Crippen LogP contribution in [-0.4, -0.2) is 10.7 Å². The minimum absolute atomic E-state index is 0.131. The first kappa shape index (κ1) is 9.72. The molecule has 1 aromatic carbocycles. The van der Waals surface area contributed by atoms with Gasteiger partial charge in [0, 0.05) is 5.41 Å². The summed E-state index contributed by atoms with van der Waals surface area (Å²) >= 11 is 0. The third-order valence-corrected chi connectivity index (χ3v) is 3.85. The molecule has 2 atom stereocenters. The van der Waals surface area contributed by atoms with Crippen LogP contribution in [0, 0.1) is 5.92 Å². The minimum Gasteiger partial charge on any atom is -0.389 e. The smallest absolute Gasteiger partial charge is 0.0768 e. The predicted octanol–water partition coefficient (Wildman–Crippen LogP) is 2.74. The van der Waals surface area contributed by atoms with Crippen molar-refractivity contribution in [2.75, 3.05) is 0 Å². The molecule has 0 bridgehead atoms. The Kier molecular flexibility index (Phi) is 1.97. The first-order valence-electron chi connectivity index (χ1n) is 5.26. The highest BCUT2D eigenvalue weighted by Crippen LogP contribution is 2.55. The Hall–Kier alpha value is -0.820. The maximum atomic E-state index is 10.4. The average molecular weight is 190 g/mol. The molecule has 0 saturated heterocycles. The van der Waals surface area contributed by atoms with Crippen LogP contribution in [0.15, 0.2) is 30.3 Å². The summed E-state index contributed by atoms with van der Waals surface area (Å²) in [6.45, 7) is 6.38. The molecule has 0 radical (unpaired) electrons. The third-order valence-electron chi connectivity index (χ3n) is 3.85. The van der Waals surface area contributed by atoms with Crippen LogP contribution in [0.1, 0.15) is 32.8 Å². The zero-order valence-corrected chi connectivity index (χ0v) is 9.12. The fourth-order valence-corrected chi connectivity index (χ4v) is 2.38. The first-order chi connectivity index (χ1) is 6.48. The summed E-state index contributed by atoms with van der Waals surface area (Å²) in [4.78, 5) is 0. The van der Waals surface area contributed by atoms with Crippen LogP contribution in [0.25, 0.3) is 0 Å². The molecule has 1 heteroatoms. The minimum atomic E-state index is -0.492. The fourth-order valence-electron chi connectivity index (χ4n) is 2.38. The topological polar surface area (TPSA) is 20.2 Å². The van der Waals surface area contributed by atoms with Gasteiger partial charge in [-0.05, 0) is 17.9 Å². The first-order valence-corrected chi connectivity index (χ1v) is 5.26. The molecule has 14 heavy (non-hydrogen) atoms. The van der Waals surface area contributed by atoms with E-state index >= 15 is 0 Å². The van der Waals surface area contributed by atoms with Crippen LogP contribution in [0.3, 0.4) is 0 Å². The fraction of sp³-hybridized carbons (Fsp3) is 0.538. The quantitative estimate of drug-likeness (QED) is 0.760. The van der Waals surface area contributed by atoms with E-state index in [9.17, 15) is 5.11 Å². The Morgan fingerprint density at radius 1 is 1.29 bits per heavy atom. The predicted molar refractivity (Wildman–Crippen MR) is 58.2 cm³/mol.